The van der Waals surface area contributed by atoms with Gasteiger partial charge in [0.2, 0.25) is 0 Å². The molecule has 1 heterocycles. The molecular weight excluding hydrogens is 206 g/mol. The smallest absolute Gasteiger partial charge is 0.310 e. The quantitative estimate of drug-likeness (QED) is 0.795. The van der Waals surface area contributed by atoms with Crippen molar-refractivity contribution in [3.8, 4) is 0 Å². The largest absolute Gasteiger partial charge is 0.481 e. The molecule has 0 aromatic heterocycles. The molecular formula is C12H23NO3. The predicted molar refractivity (Wildman–Crippen MR) is 62.5 cm³/mol. The Bertz CT molecular complexity index is 257. The highest BCUT2D eigenvalue weighted by Crippen LogP contribution is 2.25. The number of rotatable bonds is 4. The second kappa shape index (κ2) is 5.15. The van der Waals surface area contributed by atoms with Crippen LogP contribution in [0.3, 0.4) is 0 Å². The third-order valence-electron chi connectivity index (χ3n) is 3.59. The number of hydrogen-bond donors (Lipinski definition) is 1. The zero-order valence-corrected chi connectivity index (χ0v) is 10.7. The van der Waals surface area contributed by atoms with Crippen molar-refractivity contribution >= 4 is 5.97 Å². The van der Waals surface area contributed by atoms with E-state index in [2.05, 4.69) is 11.8 Å². The number of nitrogens with zero attached hydrogens (tertiary/aromatic N) is 1. The Morgan fingerprint density at radius 2 is 2.19 bits per heavy atom. The first-order valence-electron chi connectivity index (χ1n) is 5.98. The van der Waals surface area contributed by atoms with Gasteiger partial charge in [-0.2, -0.15) is 0 Å². The minimum atomic E-state index is -0.707. The van der Waals surface area contributed by atoms with Crippen LogP contribution in [0.5, 0.6) is 0 Å². The molecule has 16 heavy (non-hydrogen) atoms. The van der Waals surface area contributed by atoms with Gasteiger partial charge in [0.25, 0.3) is 0 Å². The second-order valence-corrected chi connectivity index (χ2v) is 5.14. The Morgan fingerprint density at radius 3 is 2.69 bits per heavy atom. The zero-order valence-electron chi connectivity index (χ0n) is 10.7. The molecule has 4 nitrogen and oxygen atoms in total. The molecule has 3 atom stereocenters. The number of carbonyl (C=O) groups is 1. The topological polar surface area (TPSA) is 49.8 Å². The molecule has 0 aromatic rings. The lowest BCUT2D eigenvalue weighted by Gasteiger charge is -2.40. The van der Waals surface area contributed by atoms with Crippen LogP contribution in [0.1, 0.15) is 34.1 Å². The molecule has 1 N–H and O–H groups in total. The van der Waals surface area contributed by atoms with Crippen LogP contribution in [0.25, 0.3) is 0 Å². The van der Waals surface area contributed by atoms with E-state index in [9.17, 15) is 9.90 Å². The van der Waals surface area contributed by atoms with Crippen LogP contribution in [-0.4, -0.2) is 47.8 Å². The van der Waals surface area contributed by atoms with Crippen LogP contribution in [-0.2, 0) is 9.53 Å². The third kappa shape index (κ3) is 2.95. The van der Waals surface area contributed by atoms with E-state index in [0.717, 1.165) is 6.54 Å². The fraction of sp³-hybridized carbons (Fsp3) is 0.917. The first-order chi connectivity index (χ1) is 7.39. The van der Waals surface area contributed by atoms with Crippen molar-refractivity contribution in [2.45, 2.75) is 46.3 Å². The molecule has 0 aromatic carbocycles. The maximum Gasteiger partial charge on any atom is 0.310 e. The summed E-state index contributed by atoms with van der Waals surface area (Å²) in [6.07, 6.45) is 0.854. The molecule has 1 rings (SSSR count). The summed E-state index contributed by atoms with van der Waals surface area (Å²) in [5.41, 5.74) is -0.648. The highest BCUT2D eigenvalue weighted by atomic mass is 16.5. The predicted octanol–water partition coefficient (Wildman–Crippen LogP) is 1.60. The summed E-state index contributed by atoms with van der Waals surface area (Å²) in [5, 5.41) is 9.26. The van der Waals surface area contributed by atoms with Crippen LogP contribution in [0.4, 0.5) is 0 Å². The SMILES string of the molecule is CCC(C)(CN1CC(C)OCC1C)C(=O)O. The number of carboxylic acid groups (broad SMARTS) is 1. The van der Waals surface area contributed by atoms with Gasteiger partial charge in [0, 0.05) is 19.1 Å². The van der Waals surface area contributed by atoms with Gasteiger partial charge in [0.05, 0.1) is 18.1 Å². The molecule has 0 amide bonds. The molecule has 3 unspecified atom stereocenters. The number of aliphatic carboxylic acids is 1. The lowest BCUT2D eigenvalue weighted by molar-refractivity contribution is -0.151. The van der Waals surface area contributed by atoms with Gasteiger partial charge in [0.1, 0.15) is 0 Å². The van der Waals surface area contributed by atoms with E-state index in [-0.39, 0.29) is 6.10 Å². The van der Waals surface area contributed by atoms with E-state index in [4.69, 9.17) is 4.74 Å². The highest BCUT2D eigenvalue weighted by Gasteiger charge is 2.36. The molecule has 0 radical (unpaired) electrons. The van der Waals surface area contributed by atoms with E-state index in [1.165, 1.54) is 0 Å². The van der Waals surface area contributed by atoms with Gasteiger partial charge in [-0.15, -0.1) is 0 Å². The Balaban J connectivity index is 2.66. The molecule has 0 saturated carbocycles. The van der Waals surface area contributed by atoms with Gasteiger partial charge in [-0.1, -0.05) is 6.92 Å². The third-order valence-corrected chi connectivity index (χ3v) is 3.59. The molecule has 4 heteroatoms. The van der Waals surface area contributed by atoms with Crippen LogP contribution < -0.4 is 0 Å². The van der Waals surface area contributed by atoms with E-state index in [1.54, 1.807) is 0 Å². The van der Waals surface area contributed by atoms with Gasteiger partial charge in [-0.05, 0) is 27.2 Å². The fourth-order valence-electron chi connectivity index (χ4n) is 1.97. The Labute approximate surface area is 97.6 Å². The lowest BCUT2D eigenvalue weighted by Crippen LogP contribution is -2.52. The van der Waals surface area contributed by atoms with Crippen LogP contribution in [0.15, 0.2) is 0 Å². The summed E-state index contributed by atoms with van der Waals surface area (Å²) >= 11 is 0. The zero-order chi connectivity index (χ0) is 12.3. The molecule has 0 aliphatic carbocycles. The molecule has 1 saturated heterocycles. The van der Waals surface area contributed by atoms with Crippen LogP contribution in [0, 0.1) is 5.41 Å². The molecule has 94 valence electrons. The molecule has 0 spiro atoms. The molecule has 1 aliphatic rings. The minimum Gasteiger partial charge on any atom is -0.481 e. The fourth-order valence-corrected chi connectivity index (χ4v) is 1.97. The van der Waals surface area contributed by atoms with Crippen molar-refractivity contribution in [1.82, 2.24) is 4.90 Å². The van der Waals surface area contributed by atoms with Gasteiger partial charge < -0.3 is 9.84 Å². The van der Waals surface area contributed by atoms with Crippen molar-refractivity contribution < 1.29 is 14.6 Å². The van der Waals surface area contributed by atoms with Crippen molar-refractivity contribution in [1.29, 1.82) is 0 Å². The number of hydrogen-bond acceptors (Lipinski definition) is 3. The van der Waals surface area contributed by atoms with E-state index in [1.807, 2.05) is 20.8 Å². The minimum absolute atomic E-state index is 0.200. The monoisotopic (exact) mass is 229 g/mol. The lowest BCUT2D eigenvalue weighted by atomic mass is 9.86. The molecule has 1 fully saturated rings. The van der Waals surface area contributed by atoms with Gasteiger partial charge in [0.15, 0.2) is 0 Å². The maximum atomic E-state index is 11.3. The van der Waals surface area contributed by atoms with Crippen molar-refractivity contribution in [2.24, 2.45) is 5.41 Å². The van der Waals surface area contributed by atoms with Crippen LogP contribution in [0.2, 0.25) is 0 Å². The number of carboxylic acids is 1. The number of morpholine rings is 1. The average Bonchev–Trinajstić information content (AvgIpc) is 2.23. The highest BCUT2D eigenvalue weighted by molar-refractivity contribution is 5.74. The van der Waals surface area contributed by atoms with Crippen molar-refractivity contribution in [3.05, 3.63) is 0 Å². The standard InChI is InChI=1S/C12H23NO3/c1-5-12(4,11(14)15)8-13-6-10(3)16-7-9(13)2/h9-10H,5-8H2,1-4H3,(H,14,15). The van der Waals surface area contributed by atoms with Gasteiger partial charge in [-0.25, -0.2) is 0 Å². The molecule has 1 aliphatic heterocycles. The molecule has 0 bridgehead atoms. The first kappa shape index (κ1) is 13.5. The second-order valence-electron chi connectivity index (χ2n) is 5.14. The van der Waals surface area contributed by atoms with Crippen LogP contribution >= 0.6 is 0 Å². The van der Waals surface area contributed by atoms with E-state index in [0.29, 0.717) is 25.6 Å². The summed E-state index contributed by atoms with van der Waals surface area (Å²) in [6.45, 7) is 10.00. The average molecular weight is 229 g/mol. The summed E-state index contributed by atoms with van der Waals surface area (Å²) < 4.78 is 5.54. The summed E-state index contributed by atoms with van der Waals surface area (Å²) in [4.78, 5) is 13.5. The number of ether oxygens (including phenoxy) is 1. The van der Waals surface area contributed by atoms with Gasteiger partial charge >= 0.3 is 5.97 Å². The summed E-state index contributed by atoms with van der Waals surface area (Å²) in [5.74, 6) is -0.707. The van der Waals surface area contributed by atoms with E-state index < -0.39 is 11.4 Å². The van der Waals surface area contributed by atoms with Crippen molar-refractivity contribution in [2.75, 3.05) is 19.7 Å². The summed E-state index contributed by atoms with van der Waals surface area (Å²) in [7, 11) is 0. The normalized spacial score (nSPS) is 31.0. The first-order valence-corrected chi connectivity index (χ1v) is 5.98. The maximum absolute atomic E-state index is 11.3. The Kier molecular flexibility index (Phi) is 4.33. The van der Waals surface area contributed by atoms with Crippen molar-refractivity contribution in [3.63, 3.8) is 0 Å². The van der Waals surface area contributed by atoms with E-state index >= 15 is 0 Å². The van der Waals surface area contributed by atoms with Gasteiger partial charge in [-0.3, -0.25) is 9.69 Å². The summed E-state index contributed by atoms with van der Waals surface area (Å²) in [6, 6.07) is 0.307. The Morgan fingerprint density at radius 1 is 1.56 bits per heavy atom. The Hall–Kier alpha value is -0.610.